The van der Waals surface area contributed by atoms with Gasteiger partial charge in [0.25, 0.3) is 11.6 Å². The predicted octanol–water partition coefficient (Wildman–Crippen LogP) is 3.08. The Bertz CT molecular complexity index is 844. The highest BCUT2D eigenvalue weighted by Crippen LogP contribution is 2.23. The molecular formula is C19H19ClN2O6. The molecule has 0 atom stereocenters. The van der Waals surface area contributed by atoms with Gasteiger partial charge in [0.05, 0.1) is 11.5 Å². The van der Waals surface area contributed by atoms with E-state index < -0.39 is 29.1 Å². The molecule has 2 aromatic carbocycles. The summed E-state index contributed by atoms with van der Waals surface area (Å²) in [5.41, 5.74) is 0.158. The second-order valence-corrected chi connectivity index (χ2v) is 6.22. The number of rotatable bonds is 9. The lowest BCUT2D eigenvalue weighted by Gasteiger charge is -2.22. The van der Waals surface area contributed by atoms with Crippen LogP contribution in [0.25, 0.3) is 0 Å². The summed E-state index contributed by atoms with van der Waals surface area (Å²) < 4.78 is 10.0. The minimum Gasteiger partial charge on any atom is -0.452 e. The molecule has 0 aliphatic rings. The van der Waals surface area contributed by atoms with Gasteiger partial charge < -0.3 is 14.4 Å². The lowest BCUT2D eigenvalue weighted by molar-refractivity contribution is -0.385. The van der Waals surface area contributed by atoms with Gasteiger partial charge in [-0.1, -0.05) is 41.9 Å². The Kier molecular flexibility index (Phi) is 7.91. The van der Waals surface area contributed by atoms with Crippen LogP contribution in [0, 0.1) is 10.1 Å². The first kappa shape index (κ1) is 21.3. The monoisotopic (exact) mass is 406 g/mol. The van der Waals surface area contributed by atoms with E-state index in [0.29, 0.717) is 19.7 Å². The van der Waals surface area contributed by atoms with Crippen molar-refractivity contribution in [2.24, 2.45) is 0 Å². The number of methoxy groups -OCH3 is 1. The second kappa shape index (κ2) is 10.4. The first-order valence-electron chi connectivity index (χ1n) is 8.34. The molecule has 2 aromatic rings. The molecule has 0 aliphatic carbocycles. The number of nitrogens with zero attached hydrogens (tertiary/aromatic N) is 2. The van der Waals surface area contributed by atoms with Crippen LogP contribution in [0.5, 0.6) is 0 Å². The lowest BCUT2D eigenvalue weighted by atomic mass is 10.2. The van der Waals surface area contributed by atoms with Gasteiger partial charge in [0.15, 0.2) is 6.61 Å². The van der Waals surface area contributed by atoms with Gasteiger partial charge in [-0.05, 0) is 17.7 Å². The maximum absolute atomic E-state index is 12.5. The zero-order valence-corrected chi connectivity index (χ0v) is 15.9. The van der Waals surface area contributed by atoms with Crippen LogP contribution in [0.1, 0.15) is 15.9 Å². The Balaban J connectivity index is 2.05. The number of esters is 1. The van der Waals surface area contributed by atoms with E-state index in [-0.39, 0.29) is 10.6 Å². The third-order valence-corrected chi connectivity index (χ3v) is 4.07. The molecule has 28 heavy (non-hydrogen) atoms. The lowest BCUT2D eigenvalue weighted by Crippen LogP contribution is -2.36. The molecule has 0 aromatic heterocycles. The molecule has 0 radical (unpaired) electrons. The van der Waals surface area contributed by atoms with Gasteiger partial charge in [0, 0.05) is 31.3 Å². The third kappa shape index (κ3) is 6.04. The summed E-state index contributed by atoms with van der Waals surface area (Å²) in [4.78, 5) is 36.6. The van der Waals surface area contributed by atoms with Crippen molar-refractivity contribution in [3.63, 3.8) is 0 Å². The van der Waals surface area contributed by atoms with E-state index in [1.165, 1.54) is 24.1 Å². The number of benzene rings is 2. The molecule has 0 fully saturated rings. The van der Waals surface area contributed by atoms with Crippen LogP contribution in [-0.4, -0.2) is 48.6 Å². The summed E-state index contributed by atoms with van der Waals surface area (Å²) in [7, 11) is 1.52. The van der Waals surface area contributed by atoms with E-state index in [1.54, 1.807) is 0 Å². The van der Waals surface area contributed by atoms with E-state index in [1.807, 2.05) is 30.3 Å². The number of amides is 1. The van der Waals surface area contributed by atoms with Crippen molar-refractivity contribution in [2.45, 2.75) is 6.54 Å². The van der Waals surface area contributed by atoms with Gasteiger partial charge in [-0.15, -0.1) is 0 Å². The number of hydrogen-bond acceptors (Lipinski definition) is 6. The van der Waals surface area contributed by atoms with Gasteiger partial charge in [-0.3, -0.25) is 14.9 Å². The van der Waals surface area contributed by atoms with Crippen molar-refractivity contribution in [3.8, 4) is 0 Å². The molecule has 1 amide bonds. The molecule has 0 N–H and O–H groups in total. The molecule has 0 heterocycles. The van der Waals surface area contributed by atoms with Crippen molar-refractivity contribution < 1.29 is 24.0 Å². The van der Waals surface area contributed by atoms with Crippen LogP contribution >= 0.6 is 11.6 Å². The molecule has 9 heteroatoms. The molecule has 0 aliphatic heterocycles. The molecule has 2 rings (SSSR count). The Morgan fingerprint density at radius 3 is 2.54 bits per heavy atom. The fourth-order valence-electron chi connectivity index (χ4n) is 2.42. The first-order chi connectivity index (χ1) is 13.4. The molecule has 0 saturated heterocycles. The second-order valence-electron chi connectivity index (χ2n) is 5.79. The average molecular weight is 407 g/mol. The van der Waals surface area contributed by atoms with Crippen molar-refractivity contribution in [2.75, 3.05) is 26.9 Å². The van der Waals surface area contributed by atoms with Crippen molar-refractivity contribution in [1.29, 1.82) is 0 Å². The summed E-state index contributed by atoms with van der Waals surface area (Å²) in [5.74, 6) is -1.41. The topological polar surface area (TPSA) is 99.0 Å². The number of nitro benzene ring substituents is 1. The van der Waals surface area contributed by atoms with Crippen molar-refractivity contribution in [3.05, 3.63) is 74.8 Å². The molecule has 0 unspecified atom stereocenters. The fraction of sp³-hybridized carbons (Fsp3) is 0.263. The summed E-state index contributed by atoms with van der Waals surface area (Å²) in [6, 6.07) is 12.9. The Morgan fingerprint density at radius 1 is 1.18 bits per heavy atom. The highest BCUT2D eigenvalue weighted by atomic mass is 35.5. The number of nitro groups is 1. The third-order valence-electron chi connectivity index (χ3n) is 3.84. The zero-order valence-electron chi connectivity index (χ0n) is 15.2. The van der Waals surface area contributed by atoms with E-state index in [4.69, 9.17) is 21.1 Å². The number of ether oxygens (including phenoxy) is 2. The maximum Gasteiger partial charge on any atom is 0.345 e. The zero-order chi connectivity index (χ0) is 20.5. The van der Waals surface area contributed by atoms with E-state index in [2.05, 4.69) is 0 Å². The first-order valence-corrected chi connectivity index (χ1v) is 8.72. The molecule has 0 spiro atoms. The summed E-state index contributed by atoms with van der Waals surface area (Å²) >= 11 is 5.73. The Hall–Kier alpha value is -2.97. The Labute approximate surface area is 166 Å². The van der Waals surface area contributed by atoms with Gasteiger partial charge in [-0.2, -0.15) is 0 Å². The van der Waals surface area contributed by atoms with E-state index >= 15 is 0 Å². The highest BCUT2D eigenvalue weighted by molar-refractivity contribution is 6.31. The van der Waals surface area contributed by atoms with E-state index in [9.17, 15) is 19.7 Å². The van der Waals surface area contributed by atoms with Gasteiger partial charge >= 0.3 is 5.97 Å². The van der Waals surface area contributed by atoms with E-state index in [0.717, 1.165) is 11.6 Å². The van der Waals surface area contributed by atoms with Crippen LogP contribution in [0.3, 0.4) is 0 Å². The van der Waals surface area contributed by atoms with Crippen LogP contribution in [-0.2, 0) is 20.8 Å². The molecule has 148 valence electrons. The number of halogens is 1. The SMILES string of the molecule is COCCN(Cc1ccccc1)C(=O)COC(=O)c1ccc(Cl)cc1[N+](=O)[O-]. The van der Waals surface area contributed by atoms with Crippen molar-refractivity contribution in [1.82, 2.24) is 4.90 Å². The van der Waals surface area contributed by atoms with Crippen LogP contribution in [0.2, 0.25) is 5.02 Å². The van der Waals surface area contributed by atoms with Crippen molar-refractivity contribution >= 4 is 29.2 Å². The molecular weight excluding hydrogens is 388 g/mol. The molecule has 0 bridgehead atoms. The van der Waals surface area contributed by atoms with Gasteiger partial charge in [0.2, 0.25) is 0 Å². The number of carbonyl (C=O) groups is 2. The Morgan fingerprint density at radius 2 is 1.89 bits per heavy atom. The number of hydrogen-bond donors (Lipinski definition) is 0. The molecule has 0 saturated carbocycles. The normalized spacial score (nSPS) is 10.4. The molecule has 8 nitrogen and oxygen atoms in total. The minimum atomic E-state index is -0.969. The maximum atomic E-state index is 12.5. The quantitative estimate of drug-likeness (QED) is 0.360. The van der Waals surface area contributed by atoms with Crippen LogP contribution < -0.4 is 0 Å². The summed E-state index contributed by atoms with van der Waals surface area (Å²) in [5, 5.41) is 11.2. The smallest absolute Gasteiger partial charge is 0.345 e. The number of carbonyl (C=O) groups excluding carboxylic acids is 2. The van der Waals surface area contributed by atoms with Crippen LogP contribution in [0.15, 0.2) is 48.5 Å². The largest absolute Gasteiger partial charge is 0.452 e. The van der Waals surface area contributed by atoms with Gasteiger partial charge in [0.1, 0.15) is 5.56 Å². The van der Waals surface area contributed by atoms with Gasteiger partial charge in [-0.25, -0.2) is 4.79 Å². The average Bonchev–Trinajstić information content (AvgIpc) is 2.69. The van der Waals surface area contributed by atoms with Crippen LogP contribution in [0.4, 0.5) is 5.69 Å². The highest BCUT2D eigenvalue weighted by Gasteiger charge is 2.23. The standard InChI is InChI=1S/C19H19ClN2O6/c1-27-10-9-21(12-14-5-3-2-4-6-14)18(23)13-28-19(24)16-8-7-15(20)11-17(16)22(25)26/h2-8,11H,9-10,12-13H2,1H3. The predicted molar refractivity (Wildman–Crippen MR) is 102 cm³/mol. The summed E-state index contributed by atoms with van der Waals surface area (Å²) in [6.07, 6.45) is 0. The fourth-order valence-corrected chi connectivity index (χ4v) is 2.59. The minimum absolute atomic E-state index is 0.118. The summed E-state index contributed by atoms with van der Waals surface area (Å²) in [6.45, 7) is 0.398.